The molecule has 2 amide bonds. The topological polar surface area (TPSA) is 93.0 Å². The summed E-state index contributed by atoms with van der Waals surface area (Å²) in [5, 5.41) is 8.66. The molecule has 2 unspecified atom stereocenters. The Morgan fingerprint density at radius 1 is 0.625 bits per heavy atom. The van der Waals surface area contributed by atoms with Crippen LogP contribution in [0.15, 0.2) is 109 Å². The Morgan fingerprint density at radius 2 is 1.05 bits per heavy atom. The first kappa shape index (κ1) is 42.5. The van der Waals surface area contributed by atoms with Crippen molar-refractivity contribution in [3.63, 3.8) is 0 Å². The maximum absolute atomic E-state index is 13.4. The maximum atomic E-state index is 13.4. The van der Waals surface area contributed by atoms with E-state index in [2.05, 4.69) is 169 Å². The molecule has 12 heteroatoms. The van der Waals surface area contributed by atoms with E-state index in [9.17, 15) is 9.59 Å². The Bertz CT molecular complexity index is 2680. The van der Waals surface area contributed by atoms with Crippen LogP contribution in [0.5, 0.6) is 0 Å². The second-order valence-corrected chi connectivity index (χ2v) is 21.1. The number of nitrogens with zero attached hydrogens (tertiary/aromatic N) is 4. The second-order valence-electron chi connectivity index (χ2n) is 18.4. The van der Waals surface area contributed by atoms with Crippen molar-refractivity contribution >= 4 is 78.7 Å². The third kappa shape index (κ3) is 6.70. The van der Waals surface area contributed by atoms with Crippen LogP contribution in [0, 0.1) is 0 Å². The zero-order valence-corrected chi connectivity index (χ0v) is 39.1. The lowest BCUT2D eigenvalue weighted by molar-refractivity contribution is 0.000270. The van der Waals surface area contributed by atoms with Gasteiger partial charge in [0.15, 0.2) is 11.4 Å². The van der Waals surface area contributed by atoms with Gasteiger partial charge in [-0.05, 0) is 82.9 Å². The highest BCUT2D eigenvalue weighted by molar-refractivity contribution is 8.76. The highest BCUT2D eigenvalue weighted by Crippen LogP contribution is 2.57. The van der Waals surface area contributed by atoms with E-state index in [0.717, 1.165) is 58.2 Å². The Hall–Kier alpha value is -5.40. The Morgan fingerprint density at radius 3 is 1.48 bits per heavy atom. The van der Waals surface area contributed by atoms with Gasteiger partial charge in [0.25, 0.3) is 11.8 Å². The SMILES string of the molecule is Cn1cc(/C=C/C23OCCN2c2ccc(C(=O)NCCSSCCNC(=O)c4ccc5c(c4)C(C)(C)C4(/C=C/c6cn(C)c7ccccc67)OCCN54)cc2C3(C)C)c2ccccc21. The summed E-state index contributed by atoms with van der Waals surface area (Å²) in [5.74, 6) is 1.33. The molecule has 0 spiro atoms. The van der Waals surface area contributed by atoms with E-state index >= 15 is 0 Å². The van der Waals surface area contributed by atoms with Gasteiger partial charge in [0.1, 0.15) is 0 Å². The number of rotatable bonds is 13. The highest BCUT2D eigenvalue weighted by atomic mass is 33.1. The number of hydrogen-bond donors (Lipinski definition) is 2. The molecule has 0 saturated carbocycles. The smallest absolute Gasteiger partial charge is 0.251 e. The van der Waals surface area contributed by atoms with E-state index in [4.69, 9.17) is 9.47 Å². The predicted octanol–water partition coefficient (Wildman–Crippen LogP) is 9.29. The van der Waals surface area contributed by atoms with Gasteiger partial charge in [-0.1, -0.05) is 97.8 Å². The number of aryl methyl sites for hydroxylation is 2. The molecule has 4 aliphatic rings. The number of aromatic nitrogens is 2. The van der Waals surface area contributed by atoms with Crippen LogP contribution < -0.4 is 20.4 Å². The fraction of sp³-hybridized carbons (Fsp3) is 0.346. The summed E-state index contributed by atoms with van der Waals surface area (Å²) in [6, 6.07) is 29.0. The van der Waals surface area contributed by atoms with Gasteiger partial charge in [-0.15, -0.1) is 0 Å². The quantitative estimate of drug-likeness (QED) is 0.0877. The largest absolute Gasteiger partial charge is 0.351 e. The number of carbonyl (C=O) groups excluding carboxylic acids is 2. The number of para-hydroxylation sites is 2. The van der Waals surface area contributed by atoms with E-state index in [1.54, 1.807) is 21.6 Å². The molecule has 2 fully saturated rings. The molecule has 2 N–H and O–H groups in total. The van der Waals surface area contributed by atoms with Crippen molar-refractivity contribution in [2.75, 3.05) is 60.7 Å². The second kappa shape index (κ2) is 16.2. The molecular weight excluding hydrogens is 837 g/mol. The number of anilines is 2. The molecule has 4 aromatic carbocycles. The van der Waals surface area contributed by atoms with Crippen molar-refractivity contribution in [3.8, 4) is 0 Å². The van der Waals surface area contributed by atoms with Gasteiger partial charge in [0, 0.05) is 119 Å². The number of hydrogen-bond acceptors (Lipinski definition) is 8. The van der Waals surface area contributed by atoms with Gasteiger partial charge < -0.3 is 39.0 Å². The van der Waals surface area contributed by atoms with Gasteiger partial charge in [0.2, 0.25) is 0 Å². The van der Waals surface area contributed by atoms with Crippen LogP contribution in [0.4, 0.5) is 11.4 Å². The molecule has 10 nitrogen and oxygen atoms in total. The third-order valence-corrected chi connectivity index (χ3v) is 16.6. The average molecular weight is 893 g/mol. The molecule has 10 rings (SSSR count). The lowest BCUT2D eigenvalue weighted by Crippen LogP contribution is -2.51. The molecule has 2 saturated heterocycles. The number of benzene rings is 4. The summed E-state index contributed by atoms with van der Waals surface area (Å²) in [7, 11) is 7.55. The summed E-state index contributed by atoms with van der Waals surface area (Å²) in [6.45, 7) is 12.8. The maximum Gasteiger partial charge on any atom is 0.251 e. The fourth-order valence-corrected chi connectivity index (χ4v) is 12.6. The summed E-state index contributed by atoms with van der Waals surface area (Å²) < 4.78 is 17.6. The monoisotopic (exact) mass is 892 g/mol. The van der Waals surface area contributed by atoms with Gasteiger partial charge in [-0.2, -0.15) is 0 Å². The normalized spacial score (nSPS) is 21.6. The first-order chi connectivity index (χ1) is 30.9. The lowest BCUT2D eigenvalue weighted by Gasteiger charge is -2.39. The van der Waals surface area contributed by atoms with E-state index in [1.807, 2.05) is 24.3 Å². The molecule has 0 radical (unpaired) electrons. The van der Waals surface area contributed by atoms with Crippen LogP contribution >= 0.6 is 21.6 Å². The standard InChI is InChI=1S/C52H56N6O4S2/c1-49(2)41-31-35(15-17-45(41)57-25-27-61-51(49,57)21-19-37-33-55(5)43-13-9-7-11-39(37)43)47(59)53-23-29-63-64-30-24-54-48(60)36-16-18-46-42(32-36)50(3,4)52(58(46)26-28-62-52)22-20-38-34-56(6)44-14-10-8-12-40(38)44/h7-22,31-34H,23-30H2,1-6H3,(H,53,59)(H,54,60)/b21-19+,22-20+. The third-order valence-electron chi connectivity index (χ3n) is 14.2. The summed E-state index contributed by atoms with van der Waals surface area (Å²) in [4.78, 5) is 31.6. The molecule has 2 atom stereocenters. The molecule has 6 heterocycles. The predicted molar refractivity (Wildman–Crippen MR) is 264 cm³/mol. The van der Waals surface area contributed by atoms with Gasteiger partial charge >= 0.3 is 0 Å². The van der Waals surface area contributed by atoms with E-state index in [0.29, 0.717) is 37.4 Å². The van der Waals surface area contributed by atoms with Gasteiger partial charge in [0.05, 0.1) is 13.2 Å². The molecule has 4 aliphatic heterocycles. The Balaban J connectivity index is 0.708. The first-order valence-corrected chi connectivity index (χ1v) is 24.7. The number of nitrogens with one attached hydrogen (secondary N) is 2. The number of fused-ring (bicyclic) bond motifs is 8. The van der Waals surface area contributed by atoms with E-state index in [1.165, 1.54) is 21.8 Å². The van der Waals surface area contributed by atoms with E-state index < -0.39 is 22.3 Å². The molecular formula is C52H56N6O4S2. The number of carbonyl (C=O) groups is 2. The first-order valence-electron chi connectivity index (χ1n) is 22.3. The van der Waals surface area contributed by atoms with Crippen molar-refractivity contribution in [2.24, 2.45) is 14.1 Å². The zero-order valence-electron chi connectivity index (χ0n) is 37.4. The Labute approximate surface area is 383 Å². The van der Waals surface area contributed by atoms with Crippen LogP contribution in [0.3, 0.4) is 0 Å². The average Bonchev–Trinajstić information content (AvgIpc) is 4.13. The molecule has 0 aliphatic carbocycles. The summed E-state index contributed by atoms with van der Waals surface area (Å²) in [5.41, 5.74) is 8.34. The highest BCUT2D eigenvalue weighted by Gasteiger charge is 2.60. The van der Waals surface area contributed by atoms with Gasteiger partial charge in [-0.25, -0.2) is 0 Å². The number of amides is 2. The minimum Gasteiger partial charge on any atom is -0.351 e. The van der Waals surface area contributed by atoms with Crippen molar-refractivity contribution in [1.29, 1.82) is 0 Å². The van der Waals surface area contributed by atoms with Crippen molar-refractivity contribution in [2.45, 2.75) is 50.0 Å². The van der Waals surface area contributed by atoms with Crippen molar-refractivity contribution < 1.29 is 19.1 Å². The number of ether oxygens (including phenoxy) is 2. The van der Waals surface area contributed by atoms with Crippen molar-refractivity contribution in [3.05, 3.63) is 143 Å². The molecule has 64 heavy (non-hydrogen) atoms. The van der Waals surface area contributed by atoms with Crippen LogP contribution in [-0.2, 0) is 34.4 Å². The van der Waals surface area contributed by atoms with Crippen LogP contribution in [0.1, 0.15) is 70.7 Å². The molecule has 0 bridgehead atoms. The van der Waals surface area contributed by atoms with Gasteiger partial charge in [-0.3, -0.25) is 9.59 Å². The molecule has 2 aromatic heterocycles. The molecule has 330 valence electrons. The minimum absolute atomic E-state index is 0.0823. The summed E-state index contributed by atoms with van der Waals surface area (Å²) in [6.07, 6.45) is 13.2. The minimum atomic E-state index is -0.653. The van der Waals surface area contributed by atoms with Crippen molar-refractivity contribution in [1.82, 2.24) is 19.8 Å². The molecule has 6 aromatic rings. The van der Waals surface area contributed by atoms with Crippen LogP contribution in [-0.4, -0.2) is 83.3 Å². The summed E-state index contributed by atoms with van der Waals surface area (Å²) >= 11 is 0. The van der Waals surface area contributed by atoms with Crippen LogP contribution in [0.2, 0.25) is 0 Å². The zero-order chi connectivity index (χ0) is 44.4. The van der Waals surface area contributed by atoms with E-state index in [-0.39, 0.29) is 11.8 Å². The fourth-order valence-electron chi connectivity index (χ4n) is 10.8. The lowest BCUT2D eigenvalue weighted by atomic mass is 9.77. The van der Waals surface area contributed by atoms with Crippen LogP contribution in [0.25, 0.3) is 34.0 Å². The Kier molecular flexibility index (Phi) is 10.8.